The minimum Gasteiger partial charge on any atom is -0.493 e. The Labute approximate surface area is 146 Å². The highest BCUT2D eigenvalue weighted by Gasteiger charge is 2.27. The highest BCUT2D eigenvalue weighted by atomic mass is 32.1. The van der Waals surface area contributed by atoms with E-state index in [0.29, 0.717) is 5.92 Å². The van der Waals surface area contributed by atoms with Crippen molar-refractivity contribution in [1.29, 1.82) is 0 Å². The summed E-state index contributed by atoms with van der Waals surface area (Å²) in [4.78, 5) is 10.0. The number of hydrogen-bond acceptors (Lipinski definition) is 5. The topological polar surface area (TPSA) is 43.7 Å². The van der Waals surface area contributed by atoms with Crippen LogP contribution >= 0.6 is 11.3 Å². The molecule has 1 aromatic heterocycles. The van der Waals surface area contributed by atoms with Crippen LogP contribution in [0, 0.1) is 5.92 Å². The second kappa shape index (κ2) is 7.34. The summed E-state index contributed by atoms with van der Waals surface area (Å²) >= 11 is 1.58. The van der Waals surface area contributed by atoms with Gasteiger partial charge in [0.15, 0.2) is 6.10 Å². The predicted octanol–water partition coefficient (Wildman–Crippen LogP) is 4.97. The van der Waals surface area contributed by atoms with Crippen LogP contribution in [0.15, 0.2) is 40.3 Å². The zero-order chi connectivity index (χ0) is 16.2. The molecule has 4 nitrogen and oxygen atoms in total. The molecule has 2 heterocycles. The number of hydrogen-bond donors (Lipinski definition) is 0. The molecule has 1 atom stereocenters. The van der Waals surface area contributed by atoms with Crippen LogP contribution in [0.1, 0.15) is 55.9 Å². The maximum atomic E-state index is 6.17. The zero-order valence-electron chi connectivity index (χ0n) is 13.7. The van der Waals surface area contributed by atoms with E-state index in [4.69, 9.17) is 9.57 Å². The van der Waals surface area contributed by atoms with Gasteiger partial charge in [0.25, 0.3) is 0 Å². The maximum absolute atomic E-state index is 6.17. The monoisotopic (exact) mass is 342 g/mol. The average Bonchev–Trinajstić information content (AvgIpc) is 3.32. The molecule has 2 aromatic rings. The fourth-order valence-electron chi connectivity index (χ4n) is 3.49. The molecule has 0 spiro atoms. The first-order chi connectivity index (χ1) is 11.9. The molecule has 1 aliphatic heterocycles. The SMILES string of the molecule is c1ccc(C2CC(c3cscn3)=NO2)c(OCC2CCCCC2)c1. The summed E-state index contributed by atoms with van der Waals surface area (Å²) in [5, 5.41) is 6.24. The van der Waals surface area contributed by atoms with Gasteiger partial charge >= 0.3 is 0 Å². The standard InChI is InChI=1S/C19H22N2O2S/c1-2-6-14(7-3-1)11-22-18-9-5-4-8-15(18)19-10-16(21-23-19)17-12-24-13-20-17/h4-5,8-9,12-14,19H,1-3,6-7,10-11H2. The van der Waals surface area contributed by atoms with Crippen LogP contribution < -0.4 is 4.74 Å². The lowest BCUT2D eigenvalue weighted by Crippen LogP contribution is -2.16. The van der Waals surface area contributed by atoms with E-state index in [1.54, 1.807) is 11.3 Å². The van der Waals surface area contributed by atoms with Crippen LogP contribution in [-0.4, -0.2) is 17.3 Å². The van der Waals surface area contributed by atoms with Crippen molar-refractivity contribution < 1.29 is 9.57 Å². The lowest BCUT2D eigenvalue weighted by molar-refractivity contribution is 0.0820. The van der Waals surface area contributed by atoms with E-state index in [-0.39, 0.29) is 6.10 Å². The van der Waals surface area contributed by atoms with Gasteiger partial charge in [-0.1, -0.05) is 42.6 Å². The van der Waals surface area contributed by atoms with E-state index >= 15 is 0 Å². The van der Waals surface area contributed by atoms with Gasteiger partial charge in [0.05, 0.1) is 17.8 Å². The smallest absolute Gasteiger partial charge is 0.161 e. The predicted molar refractivity (Wildman–Crippen MR) is 95.6 cm³/mol. The third-order valence-electron chi connectivity index (χ3n) is 4.86. The van der Waals surface area contributed by atoms with Crippen molar-refractivity contribution in [2.24, 2.45) is 11.1 Å². The molecule has 1 fully saturated rings. The molecule has 4 rings (SSSR count). The Morgan fingerprint density at radius 2 is 2.04 bits per heavy atom. The van der Waals surface area contributed by atoms with Gasteiger partial charge in [0, 0.05) is 17.4 Å². The fraction of sp³-hybridized carbons (Fsp3) is 0.474. The number of nitrogens with zero attached hydrogens (tertiary/aromatic N) is 2. The van der Waals surface area contributed by atoms with Crippen molar-refractivity contribution in [1.82, 2.24) is 4.98 Å². The van der Waals surface area contributed by atoms with Gasteiger partial charge in [0.1, 0.15) is 11.5 Å². The van der Waals surface area contributed by atoms with Crippen molar-refractivity contribution in [2.75, 3.05) is 6.61 Å². The van der Waals surface area contributed by atoms with Gasteiger partial charge in [0.2, 0.25) is 0 Å². The quantitative estimate of drug-likeness (QED) is 0.770. The van der Waals surface area contributed by atoms with Crippen LogP contribution in [0.5, 0.6) is 5.75 Å². The minimum absolute atomic E-state index is 0.0794. The van der Waals surface area contributed by atoms with E-state index in [1.807, 2.05) is 29.1 Å². The lowest BCUT2D eigenvalue weighted by Gasteiger charge is -2.23. The van der Waals surface area contributed by atoms with E-state index in [0.717, 1.165) is 35.7 Å². The Balaban J connectivity index is 1.42. The highest BCUT2D eigenvalue weighted by Crippen LogP contribution is 2.35. The maximum Gasteiger partial charge on any atom is 0.161 e. The van der Waals surface area contributed by atoms with E-state index in [2.05, 4.69) is 16.2 Å². The van der Waals surface area contributed by atoms with Crippen LogP contribution in [-0.2, 0) is 4.84 Å². The molecule has 24 heavy (non-hydrogen) atoms. The van der Waals surface area contributed by atoms with Gasteiger partial charge in [-0.05, 0) is 24.8 Å². The van der Waals surface area contributed by atoms with Crippen LogP contribution in [0.3, 0.4) is 0 Å². The van der Waals surface area contributed by atoms with Crippen LogP contribution in [0.2, 0.25) is 0 Å². The van der Waals surface area contributed by atoms with Crippen LogP contribution in [0.4, 0.5) is 0 Å². The van der Waals surface area contributed by atoms with Crippen molar-refractivity contribution in [2.45, 2.75) is 44.6 Å². The molecule has 5 heteroatoms. The fourth-order valence-corrected chi connectivity index (χ4v) is 4.05. The van der Waals surface area contributed by atoms with Crippen molar-refractivity contribution in [3.8, 4) is 5.75 Å². The molecule has 0 bridgehead atoms. The molecule has 1 saturated carbocycles. The molecule has 1 unspecified atom stereocenters. The first-order valence-corrected chi connectivity index (χ1v) is 9.67. The summed E-state index contributed by atoms with van der Waals surface area (Å²) in [5.41, 5.74) is 4.75. The summed E-state index contributed by atoms with van der Waals surface area (Å²) in [6, 6.07) is 8.19. The zero-order valence-corrected chi connectivity index (χ0v) is 14.5. The summed E-state index contributed by atoms with van der Waals surface area (Å²) in [6.07, 6.45) is 7.30. The summed E-state index contributed by atoms with van der Waals surface area (Å²) in [5.74, 6) is 1.63. The van der Waals surface area contributed by atoms with Crippen molar-refractivity contribution >= 4 is 17.0 Å². The molecular formula is C19H22N2O2S. The molecular weight excluding hydrogens is 320 g/mol. The number of aromatic nitrogens is 1. The molecule has 1 aliphatic carbocycles. The highest BCUT2D eigenvalue weighted by molar-refractivity contribution is 7.07. The van der Waals surface area contributed by atoms with Gasteiger partial charge in [-0.15, -0.1) is 11.3 Å². The summed E-state index contributed by atoms with van der Waals surface area (Å²) in [7, 11) is 0. The Hall–Kier alpha value is -1.88. The third-order valence-corrected chi connectivity index (χ3v) is 5.45. The van der Waals surface area contributed by atoms with Crippen LogP contribution in [0.25, 0.3) is 0 Å². The van der Waals surface area contributed by atoms with Gasteiger partial charge in [-0.25, -0.2) is 4.98 Å². The van der Waals surface area contributed by atoms with Gasteiger partial charge in [-0.3, -0.25) is 0 Å². The molecule has 2 aliphatic rings. The second-order valence-corrected chi connectivity index (χ2v) is 7.28. The summed E-state index contributed by atoms with van der Waals surface area (Å²) < 4.78 is 6.17. The van der Waals surface area contributed by atoms with Gasteiger partial charge < -0.3 is 9.57 Å². The normalized spacial score (nSPS) is 21.3. The van der Waals surface area contributed by atoms with E-state index in [9.17, 15) is 0 Å². The largest absolute Gasteiger partial charge is 0.493 e. The summed E-state index contributed by atoms with van der Waals surface area (Å²) in [6.45, 7) is 0.809. The molecule has 1 aromatic carbocycles. The Bertz CT molecular complexity index is 693. The Morgan fingerprint density at radius 3 is 2.88 bits per heavy atom. The number of benzene rings is 1. The van der Waals surface area contributed by atoms with Crippen molar-refractivity contribution in [3.05, 3.63) is 46.4 Å². The average molecular weight is 342 g/mol. The van der Waals surface area contributed by atoms with Crippen molar-refractivity contribution in [3.63, 3.8) is 0 Å². The Kier molecular flexibility index (Phi) is 4.78. The number of ether oxygens (including phenoxy) is 1. The van der Waals surface area contributed by atoms with Gasteiger partial charge in [-0.2, -0.15) is 0 Å². The molecule has 0 radical (unpaired) electrons. The minimum atomic E-state index is -0.0794. The molecule has 0 N–H and O–H groups in total. The lowest BCUT2D eigenvalue weighted by atomic mass is 9.90. The first kappa shape index (κ1) is 15.6. The number of rotatable bonds is 5. The number of oxime groups is 1. The Morgan fingerprint density at radius 1 is 1.17 bits per heavy atom. The van der Waals surface area contributed by atoms with E-state index < -0.39 is 0 Å². The number of para-hydroxylation sites is 1. The third kappa shape index (κ3) is 3.46. The van der Waals surface area contributed by atoms with E-state index in [1.165, 1.54) is 32.1 Å². The molecule has 0 saturated heterocycles. The molecule has 126 valence electrons. The number of thiazole rings is 1. The molecule has 0 amide bonds. The first-order valence-electron chi connectivity index (χ1n) is 8.73. The second-order valence-electron chi connectivity index (χ2n) is 6.56.